The summed E-state index contributed by atoms with van der Waals surface area (Å²) < 4.78 is 6.73. The van der Waals surface area contributed by atoms with Crippen molar-refractivity contribution in [2.45, 2.75) is 33.0 Å². The maximum atomic E-state index is 11.8. The molecule has 0 saturated heterocycles. The topological polar surface area (TPSA) is 93.5 Å². The number of nitrogens with zero attached hydrogens (tertiary/aromatic N) is 2. The van der Waals surface area contributed by atoms with Gasteiger partial charge in [0.25, 0.3) is 0 Å². The van der Waals surface area contributed by atoms with Crippen LogP contribution >= 0.6 is 0 Å². The molecule has 1 aromatic heterocycles. The number of hydrogen-bond donors (Lipinski definition) is 2. The fourth-order valence-electron chi connectivity index (χ4n) is 2.14. The molecule has 1 unspecified atom stereocenters. The number of carbonyl (C=O) groups excluding carboxylic acids is 1. The minimum absolute atomic E-state index is 0.0855. The van der Waals surface area contributed by atoms with Crippen LogP contribution in [0.1, 0.15) is 17.1 Å². The Morgan fingerprint density at radius 3 is 2.57 bits per heavy atom. The van der Waals surface area contributed by atoms with Crippen molar-refractivity contribution in [3.05, 3.63) is 53.6 Å². The fourth-order valence-corrected chi connectivity index (χ4v) is 2.14. The predicted octanol–water partition coefficient (Wildman–Crippen LogP) is 1.88. The van der Waals surface area contributed by atoms with Crippen molar-refractivity contribution in [2.75, 3.05) is 0 Å². The number of alkyl carbamates (subject to hydrolysis) is 1. The first-order valence-corrected chi connectivity index (χ1v) is 7.16. The van der Waals surface area contributed by atoms with Gasteiger partial charge >= 0.3 is 12.1 Å². The molecule has 2 aromatic rings. The summed E-state index contributed by atoms with van der Waals surface area (Å²) in [5, 5.41) is 11.6. The smallest absolute Gasteiger partial charge is 0.408 e. The molecule has 0 spiro atoms. The van der Waals surface area contributed by atoms with Crippen LogP contribution in [0.5, 0.6) is 0 Å². The van der Waals surface area contributed by atoms with Gasteiger partial charge in [-0.15, -0.1) is 0 Å². The molecule has 0 aliphatic carbocycles. The quantitative estimate of drug-likeness (QED) is 0.848. The van der Waals surface area contributed by atoms with Crippen LogP contribution in [0.4, 0.5) is 4.79 Å². The highest BCUT2D eigenvalue weighted by Gasteiger charge is 2.22. The van der Waals surface area contributed by atoms with Crippen molar-refractivity contribution < 1.29 is 19.4 Å². The van der Waals surface area contributed by atoms with E-state index in [1.54, 1.807) is 17.7 Å². The molecular formula is C16H19N3O4. The van der Waals surface area contributed by atoms with Crippen molar-refractivity contribution in [2.24, 2.45) is 0 Å². The average Bonchev–Trinajstić information content (AvgIpc) is 2.83. The van der Waals surface area contributed by atoms with Crippen LogP contribution in [-0.4, -0.2) is 32.8 Å². The van der Waals surface area contributed by atoms with E-state index in [0.29, 0.717) is 5.82 Å². The Morgan fingerprint density at radius 2 is 2.00 bits per heavy atom. The molecule has 0 aliphatic rings. The number of carbonyl (C=O) groups is 2. The highest BCUT2D eigenvalue weighted by molar-refractivity contribution is 5.79. The minimum Gasteiger partial charge on any atom is -0.480 e. The first-order valence-electron chi connectivity index (χ1n) is 7.16. The fraction of sp³-hybridized carbons (Fsp3) is 0.312. The Labute approximate surface area is 133 Å². The number of nitrogens with one attached hydrogen (secondary N) is 1. The zero-order chi connectivity index (χ0) is 16.8. The number of carboxylic acid groups (broad SMARTS) is 1. The SMILES string of the molecule is Cc1cn(CC(NC(=O)OCc2ccccc2)C(=O)O)c(C)n1. The van der Waals surface area contributed by atoms with Gasteiger partial charge in [0.2, 0.25) is 0 Å². The highest BCUT2D eigenvalue weighted by Crippen LogP contribution is 2.04. The summed E-state index contributed by atoms with van der Waals surface area (Å²) in [6, 6.07) is 8.07. The summed E-state index contributed by atoms with van der Waals surface area (Å²) in [7, 11) is 0. The molecule has 0 aliphatic heterocycles. The lowest BCUT2D eigenvalue weighted by Crippen LogP contribution is -2.43. The second-order valence-corrected chi connectivity index (χ2v) is 5.18. The normalized spacial score (nSPS) is 11.7. The van der Waals surface area contributed by atoms with Gasteiger partial charge in [-0.1, -0.05) is 30.3 Å². The Balaban J connectivity index is 1.92. The van der Waals surface area contributed by atoms with Gasteiger partial charge in [-0.25, -0.2) is 14.6 Å². The third-order valence-electron chi connectivity index (χ3n) is 3.28. The van der Waals surface area contributed by atoms with Crippen molar-refractivity contribution >= 4 is 12.1 Å². The Hall–Kier alpha value is -2.83. The van der Waals surface area contributed by atoms with E-state index in [0.717, 1.165) is 11.3 Å². The first-order chi connectivity index (χ1) is 11.0. The molecule has 7 nitrogen and oxygen atoms in total. The highest BCUT2D eigenvalue weighted by atomic mass is 16.5. The zero-order valence-electron chi connectivity index (χ0n) is 13.0. The number of aromatic nitrogens is 2. The number of imidazole rings is 1. The predicted molar refractivity (Wildman–Crippen MR) is 82.9 cm³/mol. The molecule has 122 valence electrons. The van der Waals surface area contributed by atoms with E-state index in [-0.39, 0.29) is 13.2 Å². The molecule has 2 rings (SSSR count). The summed E-state index contributed by atoms with van der Waals surface area (Å²) >= 11 is 0. The molecule has 1 atom stereocenters. The number of rotatable bonds is 6. The van der Waals surface area contributed by atoms with Gasteiger partial charge in [-0.2, -0.15) is 0 Å². The van der Waals surface area contributed by atoms with E-state index >= 15 is 0 Å². The van der Waals surface area contributed by atoms with E-state index in [2.05, 4.69) is 10.3 Å². The first kappa shape index (κ1) is 16.5. The standard InChI is InChI=1S/C16H19N3O4/c1-11-8-19(12(2)17-11)9-14(15(20)21)18-16(22)23-10-13-6-4-3-5-7-13/h3-8,14H,9-10H2,1-2H3,(H,18,22)(H,20,21). The van der Waals surface area contributed by atoms with Gasteiger partial charge in [0.1, 0.15) is 18.5 Å². The zero-order valence-corrected chi connectivity index (χ0v) is 13.0. The van der Waals surface area contributed by atoms with Gasteiger partial charge in [0, 0.05) is 6.20 Å². The van der Waals surface area contributed by atoms with E-state index in [1.165, 1.54) is 0 Å². The molecule has 7 heteroatoms. The Bertz CT molecular complexity index is 682. The van der Waals surface area contributed by atoms with Crippen LogP contribution in [0.3, 0.4) is 0 Å². The third kappa shape index (κ3) is 4.84. The van der Waals surface area contributed by atoms with E-state index in [1.807, 2.05) is 37.3 Å². The van der Waals surface area contributed by atoms with Crippen molar-refractivity contribution in [3.8, 4) is 0 Å². The van der Waals surface area contributed by atoms with Gasteiger partial charge in [0.05, 0.1) is 12.2 Å². The number of benzene rings is 1. The molecule has 1 amide bonds. The molecule has 0 bridgehead atoms. The molecule has 1 aromatic carbocycles. The summed E-state index contributed by atoms with van der Waals surface area (Å²) in [6.45, 7) is 3.77. The van der Waals surface area contributed by atoms with E-state index in [9.17, 15) is 14.7 Å². The van der Waals surface area contributed by atoms with Gasteiger partial charge in [0.15, 0.2) is 0 Å². The number of carboxylic acids is 1. The van der Waals surface area contributed by atoms with Crippen LogP contribution in [0.15, 0.2) is 36.5 Å². The number of aryl methyl sites for hydroxylation is 2. The summed E-state index contributed by atoms with van der Waals surface area (Å²) in [5.41, 5.74) is 1.62. The van der Waals surface area contributed by atoms with E-state index in [4.69, 9.17) is 4.74 Å². The number of aliphatic carboxylic acids is 1. The Kier molecular flexibility index (Phi) is 5.35. The maximum Gasteiger partial charge on any atom is 0.408 e. The minimum atomic E-state index is -1.13. The molecule has 1 heterocycles. The number of hydrogen-bond acceptors (Lipinski definition) is 4. The lowest BCUT2D eigenvalue weighted by atomic mass is 10.2. The van der Waals surface area contributed by atoms with Crippen LogP contribution in [0.2, 0.25) is 0 Å². The second kappa shape index (κ2) is 7.44. The molecule has 0 fully saturated rings. The van der Waals surface area contributed by atoms with Crippen molar-refractivity contribution in [1.29, 1.82) is 0 Å². The molecular weight excluding hydrogens is 298 g/mol. The van der Waals surface area contributed by atoms with Crippen molar-refractivity contribution in [3.63, 3.8) is 0 Å². The van der Waals surface area contributed by atoms with Gasteiger partial charge in [-0.3, -0.25) is 0 Å². The van der Waals surface area contributed by atoms with Crippen LogP contribution < -0.4 is 5.32 Å². The van der Waals surface area contributed by atoms with Crippen molar-refractivity contribution in [1.82, 2.24) is 14.9 Å². The monoisotopic (exact) mass is 317 g/mol. The largest absolute Gasteiger partial charge is 0.480 e. The van der Waals surface area contributed by atoms with Crippen LogP contribution in [0.25, 0.3) is 0 Å². The van der Waals surface area contributed by atoms with Gasteiger partial charge < -0.3 is 19.7 Å². The molecule has 0 radical (unpaired) electrons. The molecule has 2 N–H and O–H groups in total. The second-order valence-electron chi connectivity index (χ2n) is 5.18. The summed E-state index contributed by atoms with van der Waals surface area (Å²) in [5.74, 6) is -0.444. The van der Waals surface area contributed by atoms with Crippen LogP contribution in [0, 0.1) is 13.8 Å². The third-order valence-corrected chi connectivity index (χ3v) is 3.28. The molecule has 23 heavy (non-hydrogen) atoms. The maximum absolute atomic E-state index is 11.8. The number of amides is 1. The van der Waals surface area contributed by atoms with Crippen LogP contribution in [-0.2, 0) is 22.7 Å². The lowest BCUT2D eigenvalue weighted by molar-refractivity contribution is -0.139. The van der Waals surface area contributed by atoms with E-state index < -0.39 is 18.1 Å². The Morgan fingerprint density at radius 1 is 1.30 bits per heavy atom. The van der Waals surface area contributed by atoms with Gasteiger partial charge in [-0.05, 0) is 19.4 Å². The molecule has 0 saturated carbocycles. The number of ether oxygens (including phenoxy) is 1. The lowest BCUT2D eigenvalue weighted by Gasteiger charge is -2.16. The summed E-state index contributed by atoms with van der Waals surface area (Å²) in [4.78, 5) is 27.3. The summed E-state index contributed by atoms with van der Waals surface area (Å²) in [6.07, 6.45) is 0.971. The average molecular weight is 317 g/mol.